The third-order valence-electron chi connectivity index (χ3n) is 6.49. The normalized spacial score (nSPS) is 21.5. The predicted molar refractivity (Wildman–Crippen MR) is 131 cm³/mol. The molecule has 0 spiro atoms. The van der Waals surface area contributed by atoms with E-state index in [1.54, 1.807) is 24.3 Å². The molecule has 2 heterocycles. The maximum atomic E-state index is 13.2. The van der Waals surface area contributed by atoms with E-state index < -0.39 is 17.8 Å². The molecule has 0 aromatic heterocycles. The zero-order valence-corrected chi connectivity index (χ0v) is 20.1. The van der Waals surface area contributed by atoms with Gasteiger partial charge in [0.25, 0.3) is 11.8 Å². The number of nitrogens with one attached hydrogen (secondary N) is 1. The molecule has 172 valence electrons. The van der Waals surface area contributed by atoms with Crippen LogP contribution in [0.1, 0.15) is 63.6 Å². The number of carbonyl (C=O) groups excluding carboxylic acids is 3. The summed E-state index contributed by atoms with van der Waals surface area (Å²) < 4.78 is 0. The van der Waals surface area contributed by atoms with Crippen LogP contribution in [0.15, 0.2) is 48.0 Å². The van der Waals surface area contributed by atoms with E-state index in [0.717, 1.165) is 22.4 Å². The van der Waals surface area contributed by atoms with Gasteiger partial charge in [0.05, 0.1) is 5.69 Å². The highest BCUT2D eigenvalue weighted by Crippen LogP contribution is 2.44. The van der Waals surface area contributed by atoms with Gasteiger partial charge in [-0.05, 0) is 94.0 Å². The lowest BCUT2D eigenvalue weighted by molar-refractivity contribution is -0.122. The molecule has 4 amide bonds. The molecular formula is C27H31N3O3. The van der Waals surface area contributed by atoms with Gasteiger partial charge in [-0.1, -0.05) is 25.1 Å². The zero-order chi connectivity index (χ0) is 24.1. The maximum absolute atomic E-state index is 13.2. The van der Waals surface area contributed by atoms with Gasteiger partial charge in [0.15, 0.2) is 0 Å². The van der Waals surface area contributed by atoms with Crippen molar-refractivity contribution in [1.82, 2.24) is 5.32 Å². The molecule has 0 radical (unpaired) electrons. The van der Waals surface area contributed by atoms with E-state index in [0.29, 0.717) is 17.6 Å². The molecule has 6 nitrogen and oxygen atoms in total. The molecular weight excluding hydrogens is 414 g/mol. The van der Waals surface area contributed by atoms with Crippen molar-refractivity contribution >= 4 is 35.3 Å². The van der Waals surface area contributed by atoms with Crippen LogP contribution in [0.3, 0.4) is 0 Å². The Morgan fingerprint density at radius 2 is 1.82 bits per heavy atom. The monoisotopic (exact) mass is 445 g/mol. The predicted octanol–water partition coefficient (Wildman–Crippen LogP) is 5.16. The van der Waals surface area contributed by atoms with Crippen molar-refractivity contribution < 1.29 is 14.4 Å². The van der Waals surface area contributed by atoms with Crippen LogP contribution in [0.2, 0.25) is 0 Å². The molecule has 33 heavy (non-hydrogen) atoms. The van der Waals surface area contributed by atoms with Gasteiger partial charge in [-0.2, -0.15) is 0 Å². The molecule has 6 heteroatoms. The topological polar surface area (TPSA) is 69.7 Å². The average molecular weight is 446 g/mol. The largest absolute Gasteiger partial charge is 0.364 e. The maximum Gasteiger partial charge on any atom is 0.335 e. The highest BCUT2D eigenvalue weighted by atomic mass is 16.2. The number of fused-ring (bicyclic) bond motifs is 1. The number of barbiturate groups is 1. The van der Waals surface area contributed by atoms with Gasteiger partial charge in [0.2, 0.25) is 0 Å². The molecule has 1 saturated heterocycles. The highest BCUT2D eigenvalue weighted by molar-refractivity contribution is 6.39. The summed E-state index contributed by atoms with van der Waals surface area (Å²) in [5.41, 5.74) is 4.48. The molecule has 1 fully saturated rings. The van der Waals surface area contributed by atoms with E-state index in [1.165, 1.54) is 11.3 Å². The Morgan fingerprint density at radius 1 is 1.09 bits per heavy atom. The molecule has 0 saturated carbocycles. The van der Waals surface area contributed by atoms with Gasteiger partial charge in [-0.3, -0.25) is 14.9 Å². The third kappa shape index (κ3) is 4.06. The van der Waals surface area contributed by atoms with E-state index in [1.807, 2.05) is 19.1 Å². The van der Waals surface area contributed by atoms with E-state index >= 15 is 0 Å². The first-order chi connectivity index (χ1) is 15.5. The number of hydrogen-bond acceptors (Lipinski definition) is 4. The smallest absolute Gasteiger partial charge is 0.335 e. The quantitative estimate of drug-likeness (QED) is 0.523. The number of imide groups is 2. The number of rotatable bonds is 3. The summed E-state index contributed by atoms with van der Waals surface area (Å²) in [4.78, 5) is 41.7. The fraction of sp³-hybridized carbons (Fsp3) is 0.370. The lowest BCUT2D eigenvalue weighted by Crippen LogP contribution is -2.54. The number of nitrogens with zero attached hydrogens (tertiary/aromatic N) is 2. The summed E-state index contributed by atoms with van der Waals surface area (Å²) in [5, 5.41) is 2.30. The van der Waals surface area contributed by atoms with Gasteiger partial charge >= 0.3 is 6.03 Å². The van der Waals surface area contributed by atoms with Crippen molar-refractivity contribution in [3.8, 4) is 0 Å². The summed E-state index contributed by atoms with van der Waals surface area (Å²) in [7, 11) is 0. The summed E-state index contributed by atoms with van der Waals surface area (Å²) in [5.74, 6) is -0.959. The van der Waals surface area contributed by atoms with E-state index in [9.17, 15) is 14.4 Å². The standard InChI is InChI=1S/C27H31N3O3/c1-16(2)30-23-11-10-19(13-21(23)18(4)15-27(30,5)6)14-22-24(31)28-26(33)29(25(22)32)20-9-7-8-17(3)12-20/h7-14,16,18H,15H2,1-6H3,(H,28,31,33)/b22-14+/t18-/m1/s1. The van der Waals surface area contributed by atoms with Crippen molar-refractivity contribution in [1.29, 1.82) is 0 Å². The first-order valence-electron chi connectivity index (χ1n) is 11.4. The molecule has 1 N–H and O–H groups in total. The minimum Gasteiger partial charge on any atom is -0.364 e. The Bertz CT molecular complexity index is 1180. The van der Waals surface area contributed by atoms with Crippen LogP contribution in [0.25, 0.3) is 6.08 Å². The second-order valence-corrected chi connectivity index (χ2v) is 10.00. The van der Waals surface area contributed by atoms with E-state index in [4.69, 9.17) is 0 Å². The number of amides is 4. The molecule has 0 bridgehead atoms. The summed E-state index contributed by atoms with van der Waals surface area (Å²) in [6.07, 6.45) is 2.59. The van der Waals surface area contributed by atoms with Crippen LogP contribution in [0.4, 0.5) is 16.2 Å². The van der Waals surface area contributed by atoms with Crippen LogP contribution < -0.4 is 15.1 Å². The molecule has 0 unspecified atom stereocenters. The first kappa shape index (κ1) is 22.8. The lowest BCUT2D eigenvalue weighted by atomic mass is 9.78. The summed E-state index contributed by atoms with van der Waals surface area (Å²) in [6.45, 7) is 13.0. The molecule has 2 aliphatic heterocycles. The summed E-state index contributed by atoms with van der Waals surface area (Å²) in [6, 6.07) is 12.8. The Kier molecular flexibility index (Phi) is 5.64. The van der Waals surface area contributed by atoms with Gasteiger partial charge < -0.3 is 4.90 Å². The molecule has 2 aliphatic rings. The van der Waals surface area contributed by atoms with E-state index in [-0.39, 0.29) is 11.1 Å². The summed E-state index contributed by atoms with van der Waals surface area (Å²) >= 11 is 0. The molecule has 4 rings (SSSR count). The molecule has 0 aliphatic carbocycles. The van der Waals surface area contributed by atoms with Crippen molar-refractivity contribution in [2.45, 2.75) is 65.5 Å². The Morgan fingerprint density at radius 3 is 2.48 bits per heavy atom. The molecule has 2 aromatic carbocycles. The Labute approximate surface area is 195 Å². The number of anilines is 2. The minimum atomic E-state index is -0.735. The SMILES string of the molecule is Cc1cccc(N2C(=O)NC(=O)/C(=C\c3ccc4c(c3)[C@H](C)CC(C)(C)N4C(C)C)C2=O)c1. The van der Waals surface area contributed by atoms with Gasteiger partial charge in [-0.25, -0.2) is 9.69 Å². The second-order valence-electron chi connectivity index (χ2n) is 10.00. The van der Waals surface area contributed by atoms with Crippen LogP contribution in [-0.4, -0.2) is 29.4 Å². The highest BCUT2D eigenvalue weighted by Gasteiger charge is 2.39. The van der Waals surface area contributed by atoms with Gasteiger partial charge in [0, 0.05) is 17.3 Å². The number of urea groups is 1. The molecule has 1 atom stereocenters. The Hall–Kier alpha value is -3.41. The van der Waals surface area contributed by atoms with E-state index in [2.05, 4.69) is 57.0 Å². The first-order valence-corrected chi connectivity index (χ1v) is 11.4. The van der Waals surface area contributed by atoms with Crippen LogP contribution in [0.5, 0.6) is 0 Å². The number of hydrogen-bond donors (Lipinski definition) is 1. The zero-order valence-electron chi connectivity index (χ0n) is 20.1. The Balaban J connectivity index is 1.74. The number of carbonyl (C=O) groups is 3. The lowest BCUT2D eigenvalue weighted by Gasteiger charge is -2.50. The minimum absolute atomic E-state index is 0.0362. The van der Waals surface area contributed by atoms with Gasteiger partial charge in [0.1, 0.15) is 5.57 Å². The van der Waals surface area contributed by atoms with Gasteiger partial charge in [-0.15, -0.1) is 0 Å². The fourth-order valence-electron chi connectivity index (χ4n) is 5.36. The second kappa shape index (κ2) is 8.18. The average Bonchev–Trinajstić information content (AvgIpc) is 2.70. The van der Waals surface area contributed by atoms with Crippen molar-refractivity contribution in [2.75, 3.05) is 9.80 Å². The van der Waals surface area contributed by atoms with Crippen molar-refractivity contribution in [2.24, 2.45) is 0 Å². The van der Waals surface area contributed by atoms with Crippen molar-refractivity contribution in [3.63, 3.8) is 0 Å². The van der Waals surface area contributed by atoms with Crippen LogP contribution in [0, 0.1) is 6.92 Å². The van der Waals surface area contributed by atoms with Crippen molar-refractivity contribution in [3.05, 3.63) is 64.7 Å². The number of benzene rings is 2. The third-order valence-corrected chi connectivity index (χ3v) is 6.49. The van der Waals surface area contributed by atoms with Crippen LogP contribution in [-0.2, 0) is 9.59 Å². The van der Waals surface area contributed by atoms with Crippen LogP contribution >= 0.6 is 0 Å². The molecule has 2 aromatic rings. The fourth-order valence-corrected chi connectivity index (χ4v) is 5.36. The number of aryl methyl sites for hydroxylation is 1.